The summed E-state index contributed by atoms with van der Waals surface area (Å²) in [5.74, 6) is 2.03. The smallest absolute Gasteiger partial charge is 0.203 e. The number of carbonyl (C=O) groups excluding carboxylic acids is 1. The number of rotatable bonds is 9. The second kappa shape index (κ2) is 11.8. The van der Waals surface area contributed by atoms with Crippen LogP contribution in [-0.4, -0.2) is 34.2 Å². The molecule has 1 atom stereocenters. The standard InChI is InChI=1S/C34H32FNO5/c1-21(37)15-31-29-20-26(35)12-9-23(29)17-30(24-7-6-8-28(16-24)38-2)36(31)27-13-10-22(11-14-27)25-18-32(39-3)34(41-5)33(19-25)40-4/h6-14,16-20,31H,15H2,1-5H3. The summed E-state index contributed by atoms with van der Waals surface area (Å²) in [6, 6.07) is 23.9. The molecular formula is C34H32FNO5. The Hall–Kier alpha value is -4.78. The predicted octanol–water partition coefficient (Wildman–Crippen LogP) is 7.57. The van der Waals surface area contributed by atoms with E-state index in [0.29, 0.717) is 23.0 Å². The molecule has 0 spiro atoms. The summed E-state index contributed by atoms with van der Waals surface area (Å²) in [6.07, 6.45) is 2.25. The molecule has 0 amide bonds. The molecule has 1 aliphatic heterocycles. The molecule has 41 heavy (non-hydrogen) atoms. The van der Waals surface area contributed by atoms with Crippen molar-refractivity contribution in [2.45, 2.75) is 19.4 Å². The summed E-state index contributed by atoms with van der Waals surface area (Å²) in [5.41, 5.74) is 6.13. The Labute approximate surface area is 239 Å². The van der Waals surface area contributed by atoms with Crippen LogP contribution < -0.4 is 23.8 Å². The maximum absolute atomic E-state index is 14.5. The molecule has 7 heteroatoms. The van der Waals surface area contributed by atoms with Gasteiger partial charge >= 0.3 is 0 Å². The fraction of sp³-hybridized carbons (Fsp3) is 0.206. The number of halogens is 1. The van der Waals surface area contributed by atoms with Gasteiger partial charge in [-0.25, -0.2) is 4.39 Å². The van der Waals surface area contributed by atoms with Crippen LogP contribution in [0.2, 0.25) is 0 Å². The lowest BCUT2D eigenvalue weighted by atomic mass is 9.88. The molecule has 6 nitrogen and oxygen atoms in total. The molecule has 4 aromatic rings. The van der Waals surface area contributed by atoms with E-state index in [1.54, 1.807) is 41.4 Å². The van der Waals surface area contributed by atoms with Gasteiger partial charge in [-0.2, -0.15) is 0 Å². The van der Waals surface area contributed by atoms with Crippen LogP contribution >= 0.6 is 0 Å². The number of carbonyl (C=O) groups is 1. The maximum atomic E-state index is 14.5. The number of ether oxygens (including phenoxy) is 4. The van der Waals surface area contributed by atoms with Crippen molar-refractivity contribution in [3.63, 3.8) is 0 Å². The molecule has 0 aliphatic carbocycles. The third kappa shape index (κ3) is 5.48. The lowest BCUT2D eigenvalue weighted by molar-refractivity contribution is -0.117. The fourth-order valence-corrected chi connectivity index (χ4v) is 5.35. The molecule has 210 valence electrons. The average Bonchev–Trinajstić information content (AvgIpc) is 3.00. The minimum Gasteiger partial charge on any atom is -0.497 e. The number of benzene rings is 4. The number of ketones is 1. The number of nitrogens with zero attached hydrogens (tertiary/aromatic N) is 1. The first-order chi connectivity index (χ1) is 19.9. The number of anilines is 1. The Morgan fingerprint density at radius 1 is 0.780 bits per heavy atom. The van der Waals surface area contributed by atoms with Crippen LogP contribution in [0.4, 0.5) is 10.1 Å². The van der Waals surface area contributed by atoms with Crippen LogP contribution in [0.5, 0.6) is 23.0 Å². The van der Waals surface area contributed by atoms with Crippen LogP contribution in [-0.2, 0) is 4.79 Å². The molecule has 0 saturated heterocycles. The highest BCUT2D eigenvalue weighted by Gasteiger charge is 2.32. The highest BCUT2D eigenvalue weighted by atomic mass is 19.1. The largest absolute Gasteiger partial charge is 0.497 e. The van der Waals surface area contributed by atoms with Crippen molar-refractivity contribution in [1.82, 2.24) is 0 Å². The zero-order valence-electron chi connectivity index (χ0n) is 23.7. The summed E-state index contributed by atoms with van der Waals surface area (Å²) in [5, 5.41) is 0. The Kier molecular flexibility index (Phi) is 7.97. The minimum absolute atomic E-state index is 0.0103. The summed E-state index contributed by atoms with van der Waals surface area (Å²) in [7, 11) is 6.37. The van der Waals surface area contributed by atoms with Crippen molar-refractivity contribution in [3.8, 4) is 34.1 Å². The van der Waals surface area contributed by atoms with Gasteiger partial charge in [0.1, 0.15) is 17.3 Å². The first kappa shape index (κ1) is 27.8. The van der Waals surface area contributed by atoms with Crippen molar-refractivity contribution in [2.75, 3.05) is 33.3 Å². The number of methoxy groups -OCH3 is 4. The van der Waals surface area contributed by atoms with Crippen LogP contribution in [0.3, 0.4) is 0 Å². The van der Waals surface area contributed by atoms with E-state index in [0.717, 1.165) is 39.2 Å². The molecule has 0 fully saturated rings. The van der Waals surface area contributed by atoms with Crippen molar-refractivity contribution in [2.24, 2.45) is 0 Å². The van der Waals surface area contributed by atoms with Gasteiger partial charge in [0.2, 0.25) is 5.75 Å². The number of hydrogen-bond acceptors (Lipinski definition) is 6. The Bertz CT molecular complexity index is 1590. The van der Waals surface area contributed by atoms with Crippen LogP contribution in [0.25, 0.3) is 22.9 Å². The van der Waals surface area contributed by atoms with E-state index < -0.39 is 6.04 Å². The molecule has 0 radical (unpaired) electrons. The summed E-state index contributed by atoms with van der Waals surface area (Å²) in [4.78, 5) is 14.7. The van der Waals surface area contributed by atoms with E-state index in [-0.39, 0.29) is 18.0 Å². The lowest BCUT2D eigenvalue weighted by Crippen LogP contribution is -2.32. The minimum atomic E-state index is -0.406. The monoisotopic (exact) mass is 553 g/mol. The van der Waals surface area contributed by atoms with Gasteiger partial charge in [-0.05, 0) is 83.8 Å². The highest BCUT2D eigenvalue weighted by molar-refractivity contribution is 5.95. The Morgan fingerprint density at radius 2 is 1.49 bits per heavy atom. The molecular weight excluding hydrogens is 521 g/mol. The molecule has 0 saturated carbocycles. The maximum Gasteiger partial charge on any atom is 0.203 e. The Morgan fingerprint density at radius 3 is 2.10 bits per heavy atom. The molecule has 4 aromatic carbocycles. The van der Waals surface area contributed by atoms with Gasteiger partial charge in [0.15, 0.2) is 11.5 Å². The third-order valence-electron chi connectivity index (χ3n) is 7.26. The van der Waals surface area contributed by atoms with Gasteiger partial charge in [0.05, 0.1) is 34.5 Å². The summed E-state index contributed by atoms with van der Waals surface area (Å²) in [6.45, 7) is 1.56. The quantitative estimate of drug-likeness (QED) is 0.213. The van der Waals surface area contributed by atoms with E-state index in [2.05, 4.69) is 4.90 Å². The first-order valence-electron chi connectivity index (χ1n) is 13.2. The van der Waals surface area contributed by atoms with Crippen molar-refractivity contribution in [3.05, 3.63) is 101 Å². The van der Waals surface area contributed by atoms with Gasteiger partial charge in [-0.1, -0.05) is 30.3 Å². The van der Waals surface area contributed by atoms with E-state index >= 15 is 0 Å². The second-order valence-corrected chi connectivity index (χ2v) is 9.79. The van der Waals surface area contributed by atoms with Crippen molar-refractivity contribution >= 4 is 23.2 Å². The highest BCUT2D eigenvalue weighted by Crippen LogP contribution is 2.45. The molecule has 1 unspecified atom stereocenters. The first-order valence-corrected chi connectivity index (χ1v) is 13.2. The number of hydrogen-bond donors (Lipinski definition) is 0. The average molecular weight is 554 g/mol. The second-order valence-electron chi connectivity index (χ2n) is 9.79. The third-order valence-corrected chi connectivity index (χ3v) is 7.26. The van der Waals surface area contributed by atoms with E-state index in [1.807, 2.05) is 66.7 Å². The van der Waals surface area contributed by atoms with Gasteiger partial charge in [0.25, 0.3) is 0 Å². The van der Waals surface area contributed by atoms with Crippen LogP contribution in [0, 0.1) is 5.82 Å². The zero-order chi connectivity index (χ0) is 29.1. The summed E-state index contributed by atoms with van der Waals surface area (Å²) >= 11 is 0. The lowest BCUT2D eigenvalue weighted by Gasteiger charge is -2.39. The van der Waals surface area contributed by atoms with Crippen molar-refractivity contribution in [1.29, 1.82) is 0 Å². The molecule has 1 aliphatic rings. The molecule has 1 heterocycles. The van der Waals surface area contributed by atoms with E-state index in [1.165, 1.54) is 12.1 Å². The van der Waals surface area contributed by atoms with Crippen LogP contribution in [0.1, 0.15) is 36.1 Å². The number of fused-ring (bicyclic) bond motifs is 1. The normalized spacial score (nSPS) is 14.1. The predicted molar refractivity (Wildman–Crippen MR) is 159 cm³/mol. The topological polar surface area (TPSA) is 57.2 Å². The SMILES string of the molecule is COc1cccc(C2=Cc3ccc(F)cc3C(CC(C)=O)N2c2ccc(-c3cc(OC)c(OC)c(OC)c3)cc2)c1. The molecule has 5 rings (SSSR count). The fourth-order valence-electron chi connectivity index (χ4n) is 5.35. The Balaban J connectivity index is 1.65. The number of Topliss-reactive ketones (excluding diaryl/α,β-unsaturated/α-hetero) is 1. The molecule has 0 bridgehead atoms. The summed E-state index contributed by atoms with van der Waals surface area (Å²) < 4.78 is 36.6. The van der Waals surface area contributed by atoms with Gasteiger partial charge in [0, 0.05) is 23.4 Å². The van der Waals surface area contributed by atoms with Crippen LogP contribution in [0.15, 0.2) is 78.9 Å². The van der Waals surface area contributed by atoms with E-state index in [9.17, 15) is 9.18 Å². The van der Waals surface area contributed by atoms with Gasteiger partial charge in [-0.3, -0.25) is 4.79 Å². The van der Waals surface area contributed by atoms with Crippen molar-refractivity contribution < 1.29 is 28.1 Å². The molecule has 0 aromatic heterocycles. The van der Waals surface area contributed by atoms with Gasteiger partial charge in [-0.15, -0.1) is 0 Å². The molecule has 0 N–H and O–H groups in total. The van der Waals surface area contributed by atoms with Gasteiger partial charge < -0.3 is 23.8 Å². The zero-order valence-corrected chi connectivity index (χ0v) is 23.7. The van der Waals surface area contributed by atoms with E-state index in [4.69, 9.17) is 18.9 Å².